The van der Waals surface area contributed by atoms with Crippen LogP contribution >= 0.6 is 12.4 Å². The number of sulfonamides is 1. The van der Waals surface area contributed by atoms with Gasteiger partial charge in [-0.1, -0.05) is 6.07 Å². The molecule has 8 heteroatoms. The number of hydrogen-bond acceptors (Lipinski definition) is 5. The van der Waals surface area contributed by atoms with Crippen molar-refractivity contribution in [3.63, 3.8) is 0 Å². The van der Waals surface area contributed by atoms with Gasteiger partial charge in [-0.25, -0.2) is 13.2 Å². The minimum Gasteiger partial charge on any atom is -0.465 e. The van der Waals surface area contributed by atoms with Crippen molar-refractivity contribution in [1.29, 1.82) is 0 Å². The predicted octanol–water partition coefficient (Wildman–Crippen LogP) is 1.82. The lowest BCUT2D eigenvalue weighted by Crippen LogP contribution is -2.42. The molecule has 1 unspecified atom stereocenters. The second kappa shape index (κ2) is 8.80. The van der Waals surface area contributed by atoms with Crippen molar-refractivity contribution >= 4 is 28.4 Å². The maximum atomic E-state index is 13.0. The van der Waals surface area contributed by atoms with E-state index in [4.69, 9.17) is 4.74 Å². The number of hydrogen-bond donors (Lipinski definition) is 1. The monoisotopic (exact) mass is 376 g/mol. The van der Waals surface area contributed by atoms with Crippen LogP contribution in [0.1, 0.15) is 28.8 Å². The number of piperidine rings is 1. The van der Waals surface area contributed by atoms with Gasteiger partial charge in [0.2, 0.25) is 10.0 Å². The van der Waals surface area contributed by atoms with E-state index in [0.717, 1.165) is 19.4 Å². The van der Waals surface area contributed by atoms with E-state index >= 15 is 0 Å². The number of nitrogens with zero attached hydrogens (tertiary/aromatic N) is 1. The third-order valence-electron chi connectivity index (χ3n) is 4.28. The van der Waals surface area contributed by atoms with Crippen LogP contribution in [0.4, 0.5) is 0 Å². The van der Waals surface area contributed by atoms with Crippen LogP contribution in [-0.4, -0.2) is 52.5 Å². The van der Waals surface area contributed by atoms with Crippen LogP contribution in [0.15, 0.2) is 23.1 Å². The molecule has 0 aromatic heterocycles. The molecule has 1 saturated heterocycles. The molecule has 1 atom stereocenters. The highest BCUT2D eigenvalue weighted by molar-refractivity contribution is 7.89. The largest absolute Gasteiger partial charge is 0.465 e. The molecule has 0 saturated carbocycles. The van der Waals surface area contributed by atoms with E-state index in [1.807, 2.05) is 7.05 Å². The number of benzene rings is 1. The minimum atomic E-state index is -3.61. The zero-order valence-corrected chi connectivity index (χ0v) is 15.9. The van der Waals surface area contributed by atoms with Crippen LogP contribution < -0.4 is 5.32 Å². The third-order valence-corrected chi connectivity index (χ3v) is 6.29. The Balaban J connectivity index is 0.00000288. The van der Waals surface area contributed by atoms with Crippen LogP contribution in [0.3, 0.4) is 0 Å². The lowest BCUT2D eigenvalue weighted by Gasteiger charge is -2.32. The topological polar surface area (TPSA) is 75.7 Å². The molecule has 1 aliphatic heterocycles. The Morgan fingerprint density at radius 3 is 2.75 bits per heavy atom. The molecule has 136 valence electrons. The average Bonchev–Trinajstić information content (AvgIpc) is 2.55. The van der Waals surface area contributed by atoms with Crippen LogP contribution in [0.5, 0.6) is 0 Å². The Morgan fingerprint density at radius 1 is 1.42 bits per heavy atom. The summed E-state index contributed by atoms with van der Waals surface area (Å²) in [5, 5.41) is 3.11. The van der Waals surface area contributed by atoms with Crippen molar-refractivity contribution in [3.05, 3.63) is 29.3 Å². The summed E-state index contributed by atoms with van der Waals surface area (Å²) in [4.78, 5) is 12.0. The summed E-state index contributed by atoms with van der Waals surface area (Å²) >= 11 is 0. The molecule has 2 rings (SSSR count). The molecule has 24 heavy (non-hydrogen) atoms. The minimum absolute atomic E-state index is 0. The van der Waals surface area contributed by atoms with Crippen LogP contribution in [0.2, 0.25) is 0 Å². The van der Waals surface area contributed by atoms with Crippen molar-refractivity contribution in [2.24, 2.45) is 5.92 Å². The fraction of sp³-hybridized carbons (Fsp3) is 0.562. The summed E-state index contributed by atoms with van der Waals surface area (Å²) in [5.41, 5.74) is 0.729. The number of methoxy groups -OCH3 is 1. The second-order valence-electron chi connectivity index (χ2n) is 5.85. The summed E-state index contributed by atoms with van der Waals surface area (Å²) in [6.07, 6.45) is 1.87. The molecule has 0 bridgehead atoms. The fourth-order valence-electron chi connectivity index (χ4n) is 3.06. The first kappa shape index (κ1) is 20.9. The number of ether oxygens (including phenoxy) is 1. The summed E-state index contributed by atoms with van der Waals surface area (Å²) in [5.74, 6) is -0.209. The van der Waals surface area contributed by atoms with Crippen molar-refractivity contribution < 1.29 is 17.9 Å². The number of nitrogens with one attached hydrogen (secondary N) is 1. The van der Waals surface area contributed by atoms with Gasteiger partial charge in [-0.15, -0.1) is 12.4 Å². The van der Waals surface area contributed by atoms with Gasteiger partial charge in [-0.3, -0.25) is 0 Å². The number of rotatable bonds is 5. The van der Waals surface area contributed by atoms with Gasteiger partial charge in [0.25, 0.3) is 0 Å². The first-order chi connectivity index (χ1) is 10.9. The molecule has 0 spiro atoms. The Labute approximate surface area is 150 Å². The van der Waals surface area contributed by atoms with E-state index in [0.29, 0.717) is 24.6 Å². The lowest BCUT2D eigenvalue weighted by atomic mass is 10.00. The summed E-state index contributed by atoms with van der Waals surface area (Å²) in [6, 6.07) is 4.72. The van der Waals surface area contributed by atoms with Gasteiger partial charge >= 0.3 is 5.97 Å². The van der Waals surface area contributed by atoms with Gasteiger partial charge < -0.3 is 10.1 Å². The normalized spacial score (nSPS) is 18.7. The Bertz CT molecular complexity index is 677. The molecule has 6 nitrogen and oxygen atoms in total. The van der Waals surface area contributed by atoms with Gasteiger partial charge in [-0.05, 0) is 57.0 Å². The summed E-state index contributed by atoms with van der Waals surface area (Å²) in [7, 11) is -0.450. The van der Waals surface area contributed by atoms with Crippen LogP contribution in [0, 0.1) is 12.8 Å². The molecule has 1 aliphatic rings. The third kappa shape index (κ3) is 4.27. The standard InChI is InChI=1S/C16H24N2O4S.ClH/c1-12-14(16(19)22-3)7-4-8-15(12)23(20,21)18-9-5-6-13(11-18)10-17-2;/h4,7-8,13,17H,5-6,9-11H2,1-3H3;1H. The lowest BCUT2D eigenvalue weighted by molar-refractivity contribution is 0.0599. The molecule has 1 fully saturated rings. The van der Waals surface area contributed by atoms with E-state index in [1.54, 1.807) is 25.1 Å². The Morgan fingerprint density at radius 2 is 2.12 bits per heavy atom. The fourth-order valence-corrected chi connectivity index (χ4v) is 4.87. The molecule has 0 aliphatic carbocycles. The zero-order valence-electron chi connectivity index (χ0n) is 14.2. The van der Waals surface area contributed by atoms with E-state index in [1.165, 1.54) is 11.4 Å². The highest BCUT2D eigenvalue weighted by atomic mass is 35.5. The highest BCUT2D eigenvalue weighted by Gasteiger charge is 2.31. The van der Waals surface area contributed by atoms with Gasteiger partial charge in [0, 0.05) is 13.1 Å². The number of halogens is 1. The van der Waals surface area contributed by atoms with Gasteiger partial charge in [0.15, 0.2) is 0 Å². The molecule has 0 radical (unpaired) electrons. The molecule has 1 aromatic carbocycles. The molecule has 0 amide bonds. The summed E-state index contributed by atoms with van der Waals surface area (Å²) < 4.78 is 32.2. The predicted molar refractivity (Wildman–Crippen MR) is 95.2 cm³/mol. The molecular weight excluding hydrogens is 352 g/mol. The molecule has 1 N–H and O–H groups in total. The maximum Gasteiger partial charge on any atom is 0.338 e. The number of carbonyl (C=O) groups is 1. The first-order valence-electron chi connectivity index (χ1n) is 7.74. The Hall–Kier alpha value is -1.15. The molecule has 1 aromatic rings. The maximum absolute atomic E-state index is 13.0. The van der Waals surface area contributed by atoms with Crippen LogP contribution in [0.25, 0.3) is 0 Å². The summed E-state index contributed by atoms with van der Waals surface area (Å²) in [6.45, 7) is 3.47. The second-order valence-corrected chi connectivity index (χ2v) is 7.76. The van der Waals surface area contributed by atoms with Crippen LogP contribution in [-0.2, 0) is 14.8 Å². The van der Waals surface area contributed by atoms with E-state index in [-0.39, 0.29) is 22.9 Å². The van der Waals surface area contributed by atoms with Crippen molar-refractivity contribution in [2.75, 3.05) is 33.8 Å². The number of carbonyl (C=O) groups excluding carboxylic acids is 1. The molecular formula is C16H25ClN2O4S. The van der Waals surface area contributed by atoms with Crippen molar-refractivity contribution in [1.82, 2.24) is 9.62 Å². The SMILES string of the molecule is CNCC1CCCN(S(=O)(=O)c2cccc(C(=O)OC)c2C)C1.Cl. The average molecular weight is 377 g/mol. The molecule has 1 heterocycles. The quantitative estimate of drug-likeness (QED) is 0.793. The first-order valence-corrected chi connectivity index (χ1v) is 9.18. The van der Waals surface area contributed by atoms with E-state index in [2.05, 4.69) is 5.32 Å². The Kier molecular flexibility index (Phi) is 7.66. The van der Waals surface area contributed by atoms with Gasteiger partial charge in [0.1, 0.15) is 0 Å². The van der Waals surface area contributed by atoms with Gasteiger partial charge in [-0.2, -0.15) is 4.31 Å². The van der Waals surface area contributed by atoms with Crippen molar-refractivity contribution in [3.8, 4) is 0 Å². The smallest absolute Gasteiger partial charge is 0.338 e. The zero-order chi connectivity index (χ0) is 17.0. The van der Waals surface area contributed by atoms with Crippen molar-refractivity contribution in [2.45, 2.75) is 24.7 Å². The van der Waals surface area contributed by atoms with E-state index < -0.39 is 16.0 Å². The van der Waals surface area contributed by atoms with Gasteiger partial charge in [0.05, 0.1) is 17.6 Å². The number of esters is 1. The highest BCUT2D eigenvalue weighted by Crippen LogP contribution is 2.27. The van der Waals surface area contributed by atoms with E-state index in [9.17, 15) is 13.2 Å².